The number of nitrogens with zero attached hydrogens (tertiary/aromatic N) is 2. The molecule has 1 heterocycles. The summed E-state index contributed by atoms with van der Waals surface area (Å²) in [5.41, 5.74) is 0. The van der Waals surface area contributed by atoms with Crippen molar-refractivity contribution in [3.05, 3.63) is 41.2 Å². The molecule has 0 saturated carbocycles. The zero-order valence-corrected chi connectivity index (χ0v) is 11.8. The largest absolute Gasteiger partial charge is 0.373 e. The molecule has 0 atom stereocenters. The molecule has 0 bridgehead atoms. The second-order valence-electron chi connectivity index (χ2n) is 3.67. The zero-order chi connectivity index (χ0) is 13.0. The van der Waals surface area contributed by atoms with Crippen LogP contribution in [0.25, 0.3) is 0 Å². The van der Waals surface area contributed by atoms with Gasteiger partial charge in [0.25, 0.3) is 0 Å². The lowest BCUT2D eigenvalue weighted by molar-refractivity contribution is 0.891. The summed E-state index contributed by atoms with van der Waals surface area (Å²) in [6, 6.07) is 9.67. The highest BCUT2D eigenvalue weighted by molar-refractivity contribution is 7.99. The molecule has 1 aromatic carbocycles. The van der Waals surface area contributed by atoms with E-state index in [1.807, 2.05) is 44.3 Å². The maximum atomic E-state index is 5.87. The third-order valence-electron chi connectivity index (χ3n) is 2.36. The molecule has 0 spiro atoms. The van der Waals surface area contributed by atoms with Gasteiger partial charge in [0.05, 0.1) is 0 Å². The molecule has 3 nitrogen and oxygen atoms in total. The first kappa shape index (κ1) is 13.2. The van der Waals surface area contributed by atoms with Crippen molar-refractivity contribution >= 4 is 29.2 Å². The van der Waals surface area contributed by atoms with Crippen LogP contribution in [-0.2, 0) is 6.42 Å². The van der Waals surface area contributed by atoms with Crippen LogP contribution in [0.2, 0.25) is 5.02 Å². The highest BCUT2D eigenvalue weighted by Crippen LogP contribution is 2.28. The summed E-state index contributed by atoms with van der Waals surface area (Å²) in [5.74, 6) is 1.69. The van der Waals surface area contributed by atoms with Crippen molar-refractivity contribution in [3.63, 3.8) is 0 Å². The van der Waals surface area contributed by atoms with Gasteiger partial charge in [0, 0.05) is 29.5 Å². The molecule has 0 aliphatic carbocycles. The SMILES string of the molecule is CCc1nc(NC)cc(Sc2ccc(Cl)cc2)n1. The molecular weight excluding hydrogens is 266 g/mol. The fourth-order valence-corrected chi connectivity index (χ4v) is 2.40. The van der Waals surface area contributed by atoms with E-state index in [9.17, 15) is 0 Å². The molecular formula is C13H14ClN3S. The predicted molar refractivity (Wildman–Crippen MR) is 76.5 cm³/mol. The molecule has 5 heteroatoms. The highest BCUT2D eigenvalue weighted by atomic mass is 35.5. The maximum Gasteiger partial charge on any atom is 0.131 e. The Labute approximate surface area is 116 Å². The zero-order valence-electron chi connectivity index (χ0n) is 10.3. The average Bonchev–Trinajstić information content (AvgIpc) is 2.41. The van der Waals surface area contributed by atoms with Crippen LogP contribution in [0.4, 0.5) is 5.82 Å². The molecule has 0 aliphatic heterocycles. The number of nitrogens with one attached hydrogen (secondary N) is 1. The molecule has 18 heavy (non-hydrogen) atoms. The topological polar surface area (TPSA) is 37.8 Å². The number of hydrogen-bond acceptors (Lipinski definition) is 4. The average molecular weight is 280 g/mol. The summed E-state index contributed by atoms with van der Waals surface area (Å²) in [6.07, 6.45) is 0.823. The van der Waals surface area contributed by atoms with E-state index in [1.54, 1.807) is 11.8 Å². The van der Waals surface area contributed by atoms with Gasteiger partial charge in [-0.25, -0.2) is 9.97 Å². The summed E-state index contributed by atoms with van der Waals surface area (Å²) in [6.45, 7) is 2.05. The van der Waals surface area contributed by atoms with Gasteiger partial charge in [0.15, 0.2) is 0 Å². The summed E-state index contributed by atoms with van der Waals surface area (Å²) >= 11 is 7.47. The molecule has 94 valence electrons. The van der Waals surface area contributed by atoms with Crippen LogP contribution in [0.5, 0.6) is 0 Å². The Kier molecular flexibility index (Phi) is 4.44. The molecule has 2 rings (SSSR count). The molecule has 1 N–H and O–H groups in total. The van der Waals surface area contributed by atoms with Crippen LogP contribution in [0.3, 0.4) is 0 Å². The van der Waals surface area contributed by atoms with Crippen LogP contribution in [0.1, 0.15) is 12.7 Å². The third kappa shape index (κ3) is 3.37. The van der Waals surface area contributed by atoms with Gasteiger partial charge < -0.3 is 5.32 Å². The van der Waals surface area contributed by atoms with Gasteiger partial charge in [-0.1, -0.05) is 30.3 Å². The van der Waals surface area contributed by atoms with Crippen molar-refractivity contribution in [2.45, 2.75) is 23.3 Å². The molecule has 0 amide bonds. The number of anilines is 1. The first-order chi connectivity index (χ1) is 8.71. The third-order valence-corrected chi connectivity index (χ3v) is 3.54. The second kappa shape index (κ2) is 6.07. The van der Waals surface area contributed by atoms with Crippen LogP contribution in [-0.4, -0.2) is 17.0 Å². The van der Waals surface area contributed by atoms with Gasteiger partial charge in [-0.15, -0.1) is 0 Å². The number of aryl methyl sites for hydroxylation is 1. The van der Waals surface area contributed by atoms with Crippen molar-refractivity contribution in [1.82, 2.24) is 9.97 Å². The summed E-state index contributed by atoms with van der Waals surface area (Å²) in [7, 11) is 1.86. The standard InChI is InChI=1S/C13H14ClN3S/c1-3-11-16-12(15-2)8-13(17-11)18-10-6-4-9(14)5-7-10/h4-8H,3H2,1-2H3,(H,15,16,17). The number of halogens is 1. The smallest absolute Gasteiger partial charge is 0.131 e. The van der Waals surface area contributed by atoms with Crippen LogP contribution in [0, 0.1) is 0 Å². The molecule has 0 fully saturated rings. The number of benzene rings is 1. The summed E-state index contributed by atoms with van der Waals surface area (Å²) < 4.78 is 0. The van der Waals surface area contributed by atoms with E-state index < -0.39 is 0 Å². The van der Waals surface area contributed by atoms with E-state index in [4.69, 9.17) is 11.6 Å². The monoisotopic (exact) mass is 279 g/mol. The van der Waals surface area contributed by atoms with Crippen molar-refractivity contribution < 1.29 is 0 Å². The van der Waals surface area contributed by atoms with Gasteiger partial charge >= 0.3 is 0 Å². The van der Waals surface area contributed by atoms with Gasteiger partial charge in [-0.2, -0.15) is 0 Å². The quantitative estimate of drug-likeness (QED) is 0.862. The Bertz CT molecular complexity index is 506. The first-order valence-electron chi connectivity index (χ1n) is 5.70. The van der Waals surface area contributed by atoms with E-state index in [1.165, 1.54) is 0 Å². The molecule has 0 radical (unpaired) electrons. The lowest BCUT2D eigenvalue weighted by Crippen LogP contribution is -2.00. The van der Waals surface area contributed by atoms with Gasteiger partial charge in [-0.05, 0) is 24.3 Å². The lowest BCUT2D eigenvalue weighted by Gasteiger charge is -2.06. The minimum atomic E-state index is 0.743. The van der Waals surface area contributed by atoms with E-state index >= 15 is 0 Å². The van der Waals surface area contributed by atoms with Crippen LogP contribution < -0.4 is 5.32 Å². The Morgan fingerprint density at radius 3 is 2.56 bits per heavy atom. The predicted octanol–water partition coefficient (Wildman–Crippen LogP) is 3.89. The first-order valence-corrected chi connectivity index (χ1v) is 6.90. The van der Waals surface area contributed by atoms with Crippen molar-refractivity contribution in [3.8, 4) is 0 Å². The van der Waals surface area contributed by atoms with E-state index in [0.29, 0.717) is 0 Å². The number of aromatic nitrogens is 2. The number of rotatable bonds is 4. The normalized spacial score (nSPS) is 10.4. The second-order valence-corrected chi connectivity index (χ2v) is 5.20. The van der Waals surface area contributed by atoms with Crippen LogP contribution in [0.15, 0.2) is 40.3 Å². The van der Waals surface area contributed by atoms with E-state index in [-0.39, 0.29) is 0 Å². The molecule has 1 aromatic heterocycles. The minimum Gasteiger partial charge on any atom is -0.373 e. The summed E-state index contributed by atoms with van der Waals surface area (Å²) in [4.78, 5) is 9.98. The van der Waals surface area contributed by atoms with Gasteiger partial charge in [0.1, 0.15) is 16.7 Å². The van der Waals surface area contributed by atoms with Crippen molar-refractivity contribution in [2.75, 3.05) is 12.4 Å². The van der Waals surface area contributed by atoms with E-state index in [0.717, 1.165) is 33.0 Å². The maximum absolute atomic E-state index is 5.87. The fraction of sp³-hybridized carbons (Fsp3) is 0.231. The van der Waals surface area contributed by atoms with Crippen LogP contribution >= 0.6 is 23.4 Å². The number of hydrogen-bond donors (Lipinski definition) is 1. The summed E-state index contributed by atoms with van der Waals surface area (Å²) in [5, 5.41) is 4.73. The Morgan fingerprint density at radius 2 is 1.94 bits per heavy atom. The molecule has 0 aliphatic rings. The Morgan fingerprint density at radius 1 is 1.22 bits per heavy atom. The van der Waals surface area contributed by atoms with E-state index in [2.05, 4.69) is 15.3 Å². The molecule has 0 unspecified atom stereocenters. The van der Waals surface area contributed by atoms with Crippen molar-refractivity contribution in [1.29, 1.82) is 0 Å². The van der Waals surface area contributed by atoms with Crippen molar-refractivity contribution in [2.24, 2.45) is 0 Å². The minimum absolute atomic E-state index is 0.743. The molecule has 0 saturated heterocycles. The highest BCUT2D eigenvalue weighted by Gasteiger charge is 2.04. The Balaban J connectivity index is 2.25. The lowest BCUT2D eigenvalue weighted by atomic mass is 10.4. The van der Waals surface area contributed by atoms with Gasteiger partial charge in [-0.3, -0.25) is 0 Å². The van der Waals surface area contributed by atoms with Gasteiger partial charge in [0.2, 0.25) is 0 Å². The fourth-order valence-electron chi connectivity index (χ4n) is 1.43. The Hall–Kier alpha value is -1.26. The molecule has 2 aromatic rings.